The number of nitrogens with two attached hydrogens (primary N) is 1. The standard InChI is InChI=1S/C28H30N8O4/c1-4-35(5-2)13-14-38-21-11-9-20(10-12-21)36-24-16-25(39-22-8-6-7-19(15-22)31-18(3)37)30-17-23(24)32-28(36)26-27(29)34-40-33-26/h6-12,15-17H,4-5,13-14H2,1-3H3,(H2,29,34)(H,31,37). The van der Waals surface area contributed by atoms with Crippen LogP contribution in [0.5, 0.6) is 17.4 Å². The topological polar surface area (TPSA) is 146 Å². The van der Waals surface area contributed by atoms with Crippen molar-refractivity contribution in [2.45, 2.75) is 20.8 Å². The molecule has 12 heteroatoms. The van der Waals surface area contributed by atoms with Crippen LogP contribution in [0.4, 0.5) is 11.5 Å². The van der Waals surface area contributed by atoms with Crippen LogP contribution in [0.2, 0.25) is 0 Å². The van der Waals surface area contributed by atoms with Gasteiger partial charge in [-0.05, 0) is 59.8 Å². The van der Waals surface area contributed by atoms with Gasteiger partial charge in [-0.15, -0.1) is 0 Å². The van der Waals surface area contributed by atoms with E-state index in [0.29, 0.717) is 46.5 Å². The lowest BCUT2D eigenvalue weighted by atomic mass is 10.2. The number of nitrogens with zero attached hydrogens (tertiary/aromatic N) is 6. The minimum atomic E-state index is -0.171. The van der Waals surface area contributed by atoms with Crippen molar-refractivity contribution in [2.24, 2.45) is 0 Å². The third-order valence-electron chi connectivity index (χ3n) is 6.28. The maximum atomic E-state index is 11.4. The van der Waals surface area contributed by atoms with Crippen LogP contribution in [0.3, 0.4) is 0 Å². The Morgan fingerprint density at radius 2 is 1.88 bits per heavy atom. The molecule has 206 valence electrons. The molecule has 0 aliphatic carbocycles. The molecule has 0 atom stereocenters. The molecule has 3 aromatic heterocycles. The summed E-state index contributed by atoms with van der Waals surface area (Å²) in [4.78, 5) is 22.9. The van der Waals surface area contributed by atoms with E-state index in [2.05, 4.69) is 39.4 Å². The summed E-state index contributed by atoms with van der Waals surface area (Å²) in [6.45, 7) is 9.13. The number of nitrogens with one attached hydrogen (secondary N) is 1. The molecule has 0 saturated heterocycles. The first-order valence-corrected chi connectivity index (χ1v) is 12.9. The number of pyridine rings is 1. The molecule has 3 heterocycles. The normalized spacial score (nSPS) is 11.2. The highest BCUT2D eigenvalue weighted by Gasteiger charge is 2.21. The number of hydrogen-bond acceptors (Lipinski definition) is 10. The fraction of sp³-hybridized carbons (Fsp3) is 0.250. The van der Waals surface area contributed by atoms with E-state index in [-0.39, 0.29) is 11.7 Å². The predicted octanol–water partition coefficient (Wildman–Crippen LogP) is 4.52. The molecule has 0 bridgehead atoms. The Hall–Kier alpha value is -4.97. The summed E-state index contributed by atoms with van der Waals surface area (Å²) in [5.74, 6) is 2.00. The smallest absolute Gasteiger partial charge is 0.221 e. The molecule has 1 amide bonds. The average molecular weight is 543 g/mol. The number of carbonyl (C=O) groups is 1. The van der Waals surface area contributed by atoms with Gasteiger partial charge >= 0.3 is 0 Å². The van der Waals surface area contributed by atoms with Crippen LogP contribution in [-0.2, 0) is 4.79 Å². The quantitative estimate of drug-likeness (QED) is 0.244. The fourth-order valence-electron chi connectivity index (χ4n) is 4.27. The lowest BCUT2D eigenvalue weighted by Crippen LogP contribution is -2.27. The van der Waals surface area contributed by atoms with Gasteiger partial charge in [-0.25, -0.2) is 14.6 Å². The average Bonchev–Trinajstić information content (AvgIpc) is 3.54. The second-order valence-corrected chi connectivity index (χ2v) is 8.96. The first kappa shape index (κ1) is 26.6. The SMILES string of the molecule is CCN(CC)CCOc1ccc(-n2c(-c3nonc3N)nc3cnc(Oc4cccc(NC(C)=O)c4)cc32)cc1. The summed E-state index contributed by atoms with van der Waals surface area (Å²) in [5, 5.41) is 10.4. The van der Waals surface area contributed by atoms with Crippen molar-refractivity contribution in [3.8, 4) is 34.6 Å². The Kier molecular flexibility index (Phi) is 7.87. The maximum Gasteiger partial charge on any atom is 0.221 e. The Morgan fingerprint density at radius 3 is 2.58 bits per heavy atom. The monoisotopic (exact) mass is 542 g/mol. The number of rotatable bonds is 11. The number of ether oxygens (including phenoxy) is 2. The molecule has 3 N–H and O–H groups in total. The zero-order valence-corrected chi connectivity index (χ0v) is 22.5. The molecule has 0 saturated carbocycles. The third-order valence-corrected chi connectivity index (χ3v) is 6.28. The number of benzene rings is 2. The summed E-state index contributed by atoms with van der Waals surface area (Å²) in [6, 6.07) is 16.5. The van der Waals surface area contributed by atoms with Crippen molar-refractivity contribution in [2.75, 3.05) is 37.3 Å². The molecule has 0 fully saturated rings. The van der Waals surface area contributed by atoms with Gasteiger partial charge in [-0.1, -0.05) is 19.9 Å². The minimum absolute atomic E-state index is 0.118. The number of likely N-dealkylation sites (N-methyl/N-ethyl adjacent to an activating group) is 1. The highest BCUT2D eigenvalue weighted by Crippen LogP contribution is 2.33. The number of hydrogen-bond donors (Lipinski definition) is 2. The Balaban J connectivity index is 1.48. The van der Waals surface area contributed by atoms with Crippen molar-refractivity contribution in [3.05, 3.63) is 60.8 Å². The van der Waals surface area contributed by atoms with E-state index in [1.807, 2.05) is 28.8 Å². The van der Waals surface area contributed by atoms with Crippen molar-refractivity contribution < 1.29 is 18.9 Å². The number of amides is 1. The Bertz CT molecular complexity index is 1610. The minimum Gasteiger partial charge on any atom is -0.492 e. The van der Waals surface area contributed by atoms with Crippen LogP contribution in [-0.4, -0.2) is 61.9 Å². The number of anilines is 2. The summed E-state index contributed by atoms with van der Waals surface area (Å²) in [6.07, 6.45) is 1.61. The van der Waals surface area contributed by atoms with Crippen molar-refractivity contribution in [1.82, 2.24) is 29.7 Å². The van der Waals surface area contributed by atoms with Crippen LogP contribution < -0.4 is 20.5 Å². The largest absolute Gasteiger partial charge is 0.492 e. The van der Waals surface area contributed by atoms with Gasteiger partial charge in [-0.2, -0.15) is 0 Å². The summed E-state index contributed by atoms with van der Waals surface area (Å²) < 4.78 is 18.7. The number of carbonyl (C=O) groups excluding carboxylic acids is 1. The van der Waals surface area contributed by atoms with Gasteiger partial charge in [0.25, 0.3) is 0 Å². The zero-order valence-electron chi connectivity index (χ0n) is 22.5. The second-order valence-electron chi connectivity index (χ2n) is 8.96. The van der Waals surface area contributed by atoms with E-state index in [4.69, 9.17) is 24.8 Å². The lowest BCUT2D eigenvalue weighted by molar-refractivity contribution is -0.114. The molecule has 5 rings (SSSR count). The molecule has 0 radical (unpaired) electrons. The molecular formula is C28H30N8O4. The van der Waals surface area contributed by atoms with Crippen molar-refractivity contribution >= 4 is 28.4 Å². The zero-order chi connectivity index (χ0) is 28.1. The third kappa shape index (κ3) is 5.86. The predicted molar refractivity (Wildman–Crippen MR) is 151 cm³/mol. The molecule has 0 unspecified atom stereocenters. The highest BCUT2D eigenvalue weighted by molar-refractivity contribution is 5.89. The number of aromatic nitrogens is 5. The van der Waals surface area contributed by atoms with E-state index < -0.39 is 0 Å². The first-order valence-electron chi connectivity index (χ1n) is 12.9. The van der Waals surface area contributed by atoms with Gasteiger partial charge in [0.05, 0.1) is 11.7 Å². The molecule has 0 aliphatic heterocycles. The summed E-state index contributed by atoms with van der Waals surface area (Å²) in [5.41, 5.74) is 9.05. The van der Waals surface area contributed by atoms with Gasteiger partial charge in [-0.3, -0.25) is 9.36 Å². The lowest BCUT2D eigenvalue weighted by Gasteiger charge is -2.18. The van der Waals surface area contributed by atoms with Gasteiger partial charge in [0.1, 0.15) is 23.6 Å². The molecule has 5 aromatic rings. The molecule has 40 heavy (non-hydrogen) atoms. The number of nitrogen functional groups attached to an aromatic ring is 1. The van der Waals surface area contributed by atoms with E-state index in [9.17, 15) is 4.79 Å². The van der Waals surface area contributed by atoms with Gasteiger partial charge in [0.2, 0.25) is 11.8 Å². The van der Waals surface area contributed by atoms with Crippen molar-refractivity contribution in [1.29, 1.82) is 0 Å². The second kappa shape index (κ2) is 11.8. The van der Waals surface area contributed by atoms with E-state index in [0.717, 1.165) is 31.1 Å². The van der Waals surface area contributed by atoms with Crippen LogP contribution >= 0.6 is 0 Å². The Labute approximate surface area is 230 Å². The van der Waals surface area contributed by atoms with Gasteiger partial charge in [0.15, 0.2) is 17.3 Å². The van der Waals surface area contributed by atoms with Crippen LogP contribution in [0.15, 0.2) is 65.4 Å². The highest BCUT2D eigenvalue weighted by atomic mass is 16.6. The number of fused-ring (bicyclic) bond motifs is 1. The molecule has 12 nitrogen and oxygen atoms in total. The Morgan fingerprint density at radius 1 is 1.07 bits per heavy atom. The molecule has 0 spiro atoms. The van der Waals surface area contributed by atoms with Crippen LogP contribution in [0, 0.1) is 0 Å². The van der Waals surface area contributed by atoms with Crippen LogP contribution in [0.1, 0.15) is 20.8 Å². The first-order chi connectivity index (χ1) is 19.4. The maximum absolute atomic E-state index is 11.4. The number of imidazole rings is 1. The molecule has 2 aromatic carbocycles. The van der Waals surface area contributed by atoms with Crippen LogP contribution in [0.25, 0.3) is 28.2 Å². The van der Waals surface area contributed by atoms with Gasteiger partial charge < -0.3 is 25.4 Å². The molecule has 0 aliphatic rings. The van der Waals surface area contributed by atoms with E-state index in [1.54, 1.807) is 36.5 Å². The van der Waals surface area contributed by atoms with Gasteiger partial charge in [0, 0.05) is 37.0 Å². The summed E-state index contributed by atoms with van der Waals surface area (Å²) >= 11 is 0. The van der Waals surface area contributed by atoms with E-state index >= 15 is 0 Å². The fourth-order valence-corrected chi connectivity index (χ4v) is 4.27. The van der Waals surface area contributed by atoms with E-state index in [1.165, 1.54) is 6.92 Å². The molecular weight excluding hydrogens is 512 g/mol. The van der Waals surface area contributed by atoms with Crippen molar-refractivity contribution in [3.63, 3.8) is 0 Å². The summed E-state index contributed by atoms with van der Waals surface area (Å²) in [7, 11) is 0.